The van der Waals surface area contributed by atoms with Crippen molar-refractivity contribution < 1.29 is 14.6 Å². The molecule has 1 aromatic heterocycles. The minimum Gasteiger partial charge on any atom is -0.389 e. The fraction of sp³-hybridized carbons (Fsp3) is 0.375. The Balaban J connectivity index is 2.91. The van der Waals surface area contributed by atoms with Gasteiger partial charge in [0.05, 0.1) is 11.1 Å². The molecule has 0 radical (unpaired) electrons. The molecule has 2 unspecified atom stereocenters. The molecule has 0 spiro atoms. The van der Waals surface area contributed by atoms with Crippen molar-refractivity contribution >= 4 is 27.5 Å². The second kappa shape index (κ2) is 5.02. The van der Waals surface area contributed by atoms with Crippen molar-refractivity contribution in [3.05, 3.63) is 28.8 Å². The van der Waals surface area contributed by atoms with Crippen molar-refractivity contribution in [1.29, 1.82) is 0 Å². The first kappa shape index (κ1) is 11.8. The SMILES string of the molecule is OC(CBr)C(O)c1cnc(F)c(Cl)c1. The van der Waals surface area contributed by atoms with Gasteiger partial charge < -0.3 is 10.2 Å². The highest BCUT2D eigenvalue weighted by Crippen LogP contribution is 2.21. The maximum absolute atomic E-state index is 12.6. The number of hydrogen-bond acceptors (Lipinski definition) is 3. The number of aromatic nitrogens is 1. The van der Waals surface area contributed by atoms with E-state index in [4.69, 9.17) is 11.6 Å². The number of hydrogen-bond donors (Lipinski definition) is 2. The Bertz CT molecular complexity index is 326. The molecule has 0 amide bonds. The van der Waals surface area contributed by atoms with Gasteiger partial charge in [-0.3, -0.25) is 0 Å². The minimum absolute atomic E-state index is 0.177. The molecule has 0 aromatic carbocycles. The maximum Gasteiger partial charge on any atom is 0.231 e. The highest BCUT2D eigenvalue weighted by Gasteiger charge is 2.18. The van der Waals surface area contributed by atoms with Crippen LogP contribution in [-0.4, -0.2) is 26.6 Å². The van der Waals surface area contributed by atoms with Crippen LogP contribution in [0.1, 0.15) is 11.7 Å². The Kier molecular flexibility index (Phi) is 4.25. The summed E-state index contributed by atoms with van der Waals surface area (Å²) in [5, 5.41) is 18.8. The van der Waals surface area contributed by atoms with Gasteiger partial charge in [-0.25, -0.2) is 4.98 Å². The highest BCUT2D eigenvalue weighted by molar-refractivity contribution is 9.09. The molecule has 0 aliphatic carbocycles. The summed E-state index contributed by atoms with van der Waals surface area (Å²) in [6.45, 7) is 0. The molecule has 2 atom stereocenters. The molecule has 0 saturated carbocycles. The first-order valence-corrected chi connectivity index (χ1v) is 5.29. The molecule has 0 saturated heterocycles. The van der Waals surface area contributed by atoms with E-state index in [1.54, 1.807) is 0 Å². The lowest BCUT2D eigenvalue weighted by atomic mass is 10.1. The number of pyridine rings is 1. The zero-order valence-corrected chi connectivity index (χ0v) is 9.33. The van der Waals surface area contributed by atoms with Gasteiger partial charge in [0.2, 0.25) is 5.95 Å². The van der Waals surface area contributed by atoms with Gasteiger partial charge in [0.1, 0.15) is 6.10 Å². The predicted octanol–water partition coefficient (Wildman–Crippen LogP) is 1.66. The highest BCUT2D eigenvalue weighted by atomic mass is 79.9. The van der Waals surface area contributed by atoms with Crippen LogP contribution in [0.5, 0.6) is 0 Å². The van der Waals surface area contributed by atoms with Crippen LogP contribution < -0.4 is 0 Å². The summed E-state index contributed by atoms with van der Waals surface area (Å²) in [6.07, 6.45) is -0.962. The molecule has 2 N–H and O–H groups in total. The number of rotatable bonds is 3. The summed E-state index contributed by atoms with van der Waals surface area (Å²) in [5.41, 5.74) is 0.281. The summed E-state index contributed by atoms with van der Waals surface area (Å²) in [4.78, 5) is 3.33. The third-order valence-corrected chi connectivity index (χ3v) is 2.61. The predicted molar refractivity (Wildman–Crippen MR) is 54.0 cm³/mol. The number of aliphatic hydroxyl groups is 2. The van der Waals surface area contributed by atoms with Gasteiger partial charge in [0.25, 0.3) is 0 Å². The van der Waals surface area contributed by atoms with Crippen LogP contribution in [0, 0.1) is 5.95 Å². The molecule has 6 heteroatoms. The number of aliphatic hydroxyl groups excluding tert-OH is 2. The second-order valence-electron chi connectivity index (χ2n) is 2.71. The molecular formula is C8H8BrClFNO2. The van der Waals surface area contributed by atoms with Gasteiger partial charge in [-0.2, -0.15) is 4.39 Å². The summed E-state index contributed by atoms with van der Waals surface area (Å²) in [7, 11) is 0. The lowest BCUT2D eigenvalue weighted by Crippen LogP contribution is -2.19. The summed E-state index contributed by atoms with van der Waals surface area (Å²) in [5.74, 6) is -0.795. The molecule has 1 heterocycles. The third-order valence-electron chi connectivity index (χ3n) is 1.68. The van der Waals surface area contributed by atoms with Crippen molar-refractivity contribution in [2.75, 3.05) is 5.33 Å². The van der Waals surface area contributed by atoms with Crippen LogP contribution in [0.15, 0.2) is 12.3 Å². The smallest absolute Gasteiger partial charge is 0.231 e. The quantitative estimate of drug-likeness (QED) is 0.656. The van der Waals surface area contributed by atoms with E-state index in [2.05, 4.69) is 20.9 Å². The van der Waals surface area contributed by atoms with Gasteiger partial charge in [0.15, 0.2) is 0 Å². The van der Waals surface area contributed by atoms with E-state index in [1.807, 2.05) is 0 Å². The largest absolute Gasteiger partial charge is 0.389 e. The summed E-state index contributed by atoms with van der Waals surface area (Å²) in [6, 6.07) is 1.24. The van der Waals surface area contributed by atoms with Gasteiger partial charge in [-0.1, -0.05) is 27.5 Å². The number of nitrogens with zero attached hydrogens (tertiary/aromatic N) is 1. The molecule has 3 nitrogen and oxygen atoms in total. The molecule has 1 rings (SSSR count). The van der Waals surface area contributed by atoms with Crippen LogP contribution in [0.4, 0.5) is 4.39 Å². The molecule has 0 fully saturated rings. The average molecular weight is 285 g/mol. The van der Waals surface area contributed by atoms with Gasteiger partial charge in [-0.15, -0.1) is 0 Å². The molecule has 14 heavy (non-hydrogen) atoms. The Morgan fingerprint density at radius 2 is 2.21 bits per heavy atom. The summed E-state index contributed by atoms with van der Waals surface area (Å²) < 4.78 is 12.6. The Labute approximate surface area is 93.7 Å². The van der Waals surface area contributed by atoms with Crippen LogP contribution in [-0.2, 0) is 0 Å². The topological polar surface area (TPSA) is 53.4 Å². The molecule has 0 aliphatic rings. The minimum atomic E-state index is -1.13. The van der Waals surface area contributed by atoms with Crippen LogP contribution in [0.2, 0.25) is 5.02 Å². The van der Waals surface area contributed by atoms with Crippen LogP contribution >= 0.6 is 27.5 Å². The maximum atomic E-state index is 12.6. The van der Waals surface area contributed by atoms with Crippen molar-refractivity contribution in [3.63, 3.8) is 0 Å². The van der Waals surface area contributed by atoms with Crippen LogP contribution in [0.3, 0.4) is 0 Å². The molecular weight excluding hydrogens is 276 g/mol. The molecule has 78 valence electrons. The van der Waals surface area contributed by atoms with E-state index < -0.39 is 18.2 Å². The lowest BCUT2D eigenvalue weighted by molar-refractivity contribution is 0.0340. The van der Waals surface area contributed by atoms with E-state index in [-0.39, 0.29) is 15.9 Å². The van der Waals surface area contributed by atoms with E-state index >= 15 is 0 Å². The Morgan fingerprint density at radius 1 is 1.57 bits per heavy atom. The zero-order chi connectivity index (χ0) is 10.7. The van der Waals surface area contributed by atoms with Gasteiger partial charge >= 0.3 is 0 Å². The zero-order valence-electron chi connectivity index (χ0n) is 6.99. The van der Waals surface area contributed by atoms with Crippen molar-refractivity contribution in [3.8, 4) is 0 Å². The average Bonchev–Trinajstić information content (AvgIpc) is 2.20. The summed E-state index contributed by atoms with van der Waals surface area (Å²) >= 11 is 8.47. The lowest BCUT2D eigenvalue weighted by Gasteiger charge is -2.15. The van der Waals surface area contributed by atoms with Gasteiger partial charge in [0, 0.05) is 17.1 Å². The standard InChI is InChI=1S/C8H8BrClFNO2/c9-2-6(13)7(14)4-1-5(10)8(11)12-3-4/h1,3,6-7,13-14H,2H2. The fourth-order valence-corrected chi connectivity index (χ4v) is 1.43. The normalized spacial score (nSPS) is 15.2. The van der Waals surface area contributed by atoms with E-state index in [1.165, 1.54) is 6.07 Å². The Morgan fingerprint density at radius 3 is 2.71 bits per heavy atom. The fourth-order valence-electron chi connectivity index (χ4n) is 0.904. The molecule has 0 bridgehead atoms. The Hall–Kier alpha value is -0.230. The van der Waals surface area contributed by atoms with Crippen molar-refractivity contribution in [2.24, 2.45) is 0 Å². The molecule has 0 aliphatic heterocycles. The van der Waals surface area contributed by atoms with E-state index in [0.717, 1.165) is 6.20 Å². The first-order valence-electron chi connectivity index (χ1n) is 3.79. The number of halogens is 3. The van der Waals surface area contributed by atoms with Crippen molar-refractivity contribution in [1.82, 2.24) is 4.98 Å². The van der Waals surface area contributed by atoms with Crippen molar-refractivity contribution in [2.45, 2.75) is 12.2 Å². The van der Waals surface area contributed by atoms with E-state index in [9.17, 15) is 14.6 Å². The third kappa shape index (κ3) is 2.63. The van der Waals surface area contributed by atoms with E-state index in [0.29, 0.717) is 0 Å². The second-order valence-corrected chi connectivity index (χ2v) is 3.76. The number of alkyl halides is 1. The first-order chi connectivity index (χ1) is 6.56. The van der Waals surface area contributed by atoms with Crippen LogP contribution in [0.25, 0.3) is 0 Å². The molecule has 1 aromatic rings. The monoisotopic (exact) mass is 283 g/mol. The van der Waals surface area contributed by atoms with Gasteiger partial charge in [-0.05, 0) is 6.07 Å².